The molecule has 0 heterocycles. The Hall–Kier alpha value is -2.62. The van der Waals surface area contributed by atoms with Gasteiger partial charge >= 0.3 is 5.97 Å². The Morgan fingerprint density at radius 3 is 2.29 bits per heavy atom. The fourth-order valence-corrected chi connectivity index (χ4v) is 1.76. The highest BCUT2D eigenvalue weighted by atomic mass is 16.5. The number of benzene rings is 2. The monoisotopic (exact) mass is 283 g/mol. The first-order valence-electron chi connectivity index (χ1n) is 6.82. The van der Waals surface area contributed by atoms with Crippen molar-refractivity contribution < 1.29 is 14.3 Å². The Balaban J connectivity index is 1.92. The standard InChI is InChI=1S/C17H17NO3/c1-2-16(19)21-15-10-8-14(9-11-15)17(20)18-12-13-6-4-3-5-7-13/h3-11H,2,12H2,1H3,(H,18,20). The average molecular weight is 283 g/mol. The summed E-state index contributed by atoms with van der Waals surface area (Å²) in [6, 6.07) is 16.2. The molecule has 0 aromatic heterocycles. The van der Waals surface area contributed by atoms with Crippen molar-refractivity contribution in [1.29, 1.82) is 0 Å². The predicted octanol–water partition coefficient (Wildman–Crippen LogP) is 2.93. The van der Waals surface area contributed by atoms with E-state index in [-0.39, 0.29) is 11.9 Å². The molecule has 0 saturated carbocycles. The molecular weight excluding hydrogens is 266 g/mol. The van der Waals surface area contributed by atoms with Crippen LogP contribution in [0, 0.1) is 0 Å². The van der Waals surface area contributed by atoms with Crippen LogP contribution in [-0.2, 0) is 11.3 Å². The zero-order valence-electron chi connectivity index (χ0n) is 11.8. The largest absolute Gasteiger partial charge is 0.427 e. The number of hydrogen-bond acceptors (Lipinski definition) is 3. The van der Waals surface area contributed by atoms with Gasteiger partial charge in [0, 0.05) is 18.5 Å². The van der Waals surface area contributed by atoms with E-state index in [2.05, 4.69) is 5.32 Å². The first-order valence-corrected chi connectivity index (χ1v) is 6.82. The molecule has 0 aliphatic carbocycles. The van der Waals surface area contributed by atoms with E-state index < -0.39 is 0 Å². The number of ether oxygens (including phenoxy) is 1. The smallest absolute Gasteiger partial charge is 0.310 e. The maximum Gasteiger partial charge on any atom is 0.310 e. The van der Waals surface area contributed by atoms with E-state index >= 15 is 0 Å². The quantitative estimate of drug-likeness (QED) is 0.678. The molecule has 2 aromatic rings. The summed E-state index contributed by atoms with van der Waals surface area (Å²) in [5.41, 5.74) is 1.57. The second-order valence-electron chi connectivity index (χ2n) is 4.52. The van der Waals surface area contributed by atoms with E-state index in [1.54, 1.807) is 31.2 Å². The van der Waals surface area contributed by atoms with Gasteiger partial charge in [0.2, 0.25) is 0 Å². The van der Waals surface area contributed by atoms with E-state index in [0.29, 0.717) is 24.3 Å². The zero-order chi connectivity index (χ0) is 15.1. The van der Waals surface area contributed by atoms with Crippen LogP contribution in [0.3, 0.4) is 0 Å². The third-order valence-electron chi connectivity index (χ3n) is 2.93. The molecule has 1 N–H and O–H groups in total. The van der Waals surface area contributed by atoms with Gasteiger partial charge in [-0.25, -0.2) is 0 Å². The molecule has 2 aromatic carbocycles. The molecule has 21 heavy (non-hydrogen) atoms. The van der Waals surface area contributed by atoms with Crippen molar-refractivity contribution >= 4 is 11.9 Å². The number of amides is 1. The molecule has 0 saturated heterocycles. The minimum absolute atomic E-state index is 0.160. The van der Waals surface area contributed by atoms with Crippen LogP contribution in [0.5, 0.6) is 5.75 Å². The van der Waals surface area contributed by atoms with Crippen molar-refractivity contribution in [3.05, 3.63) is 65.7 Å². The lowest BCUT2D eigenvalue weighted by Crippen LogP contribution is -2.22. The van der Waals surface area contributed by atoms with Crippen LogP contribution in [0.15, 0.2) is 54.6 Å². The molecule has 0 aliphatic rings. The number of carbonyl (C=O) groups is 2. The molecule has 0 atom stereocenters. The third-order valence-corrected chi connectivity index (χ3v) is 2.93. The Kier molecular flexibility index (Phi) is 5.10. The molecule has 0 aliphatic heterocycles. The summed E-state index contributed by atoms with van der Waals surface area (Å²) in [6.45, 7) is 2.21. The van der Waals surface area contributed by atoms with Crippen molar-refractivity contribution in [1.82, 2.24) is 5.32 Å². The van der Waals surface area contributed by atoms with Crippen LogP contribution >= 0.6 is 0 Å². The van der Waals surface area contributed by atoms with Gasteiger partial charge in [0.1, 0.15) is 5.75 Å². The van der Waals surface area contributed by atoms with E-state index in [4.69, 9.17) is 4.74 Å². The molecule has 0 fully saturated rings. The van der Waals surface area contributed by atoms with E-state index in [1.807, 2.05) is 30.3 Å². The van der Waals surface area contributed by atoms with Crippen LogP contribution in [0.2, 0.25) is 0 Å². The molecule has 0 unspecified atom stereocenters. The first kappa shape index (κ1) is 14.8. The Morgan fingerprint density at radius 1 is 1.00 bits per heavy atom. The van der Waals surface area contributed by atoms with Gasteiger partial charge in [-0.15, -0.1) is 0 Å². The molecule has 4 heteroatoms. The van der Waals surface area contributed by atoms with Crippen molar-refractivity contribution in [2.75, 3.05) is 0 Å². The molecule has 0 bridgehead atoms. The Labute approximate surface area is 123 Å². The second kappa shape index (κ2) is 7.24. The number of hydrogen-bond donors (Lipinski definition) is 1. The first-order chi connectivity index (χ1) is 10.2. The van der Waals surface area contributed by atoms with Crippen molar-refractivity contribution in [2.24, 2.45) is 0 Å². The summed E-state index contributed by atoms with van der Waals surface area (Å²) in [7, 11) is 0. The maximum absolute atomic E-state index is 12.0. The minimum Gasteiger partial charge on any atom is -0.427 e. The van der Waals surface area contributed by atoms with Crippen LogP contribution in [0.25, 0.3) is 0 Å². The van der Waals surface area contributed by atoms with E-state index in [9.17, 15) is 9.59 Å². The van der Waals surface area contributed by atoms with Gasteiger partial charge in [-0.3, -0.25) is 9.59 Å². The molecule has 2 rings (SSSR count). The highest BCUT2D eigenvalue weighted by Gasteiger charge is 2.06. The molecule has 0 radical (unpaired) electrons. The lowest BCUT2D eigenvalue weighted by atomic mass is 10.2. The number of esters is 1. The van der Waals surface area contributed by atoms with E-state index in [1.165, 1.54) is 0 Å². The normalized spacial score (nSPS) is 9.95. The van der Waals surface area contributed by atoms with Crippen molar-refractivity contribution in [3.8, 4) is 5.75 Å². The summed E-state index contributed by atoms with van der Waals surface area (Å²) in [5.74, 6) is -0.00930. The zero-order valence-corrected chi connectivity index (χ0v) is 11.8. The van der Waals surface area contributed by atoms with Crippen molar-refractivity contribution in [2.45, 2.75) is 19.9 Å². The second-order valence-corrected chi connectivity index (χ2v) is 4.52. The van der Waals surface area contributed by atoms with Gasteiger partial charge < -0.3 is 10.1 Å². The summed E-state index contributed by atoms with van der Waals surface area (Å²) >= 11 is 0. The van der Waals surface area contributed by atoms with Crippen LogP contribution < -0.4 is 10.1 Å². The third kappa shape index (κ3) is 4.45. The van der Waals surface area contributed by atoms with Crippen LogP contribution in [0.1, 0.15) is 29.3 Å². The van der Waals surface area contributed by atoms with Gasteiger partial charge in [-0.2, -0.15) is 0 Å². The minimum atomic E-state index is -0.295. The molecule has 108 valence electrons. The van der Waals surface area contributed by atoms with Crippen LogP contribution in [-0.4, -0.2) is 11.9 Å². The van der Waals surface area contributed by atoms with Gasteiger partial charge in [-0.1, -0.05) is 37.3 Å². The van der Waals surface area contributed by atoms with Crippen molar-refractivity contribution in [3.63, 3.8) is 0 Å². The van der Waals surface area contributed by atoms with Gasteiger partial charge in [0.25, 0.3) is 5.91 Å². The predicted molar refractivity (Wildman–Crippen MR) is 80.0 cm³/mol. The molecular formula is C17H17NO3. The highest BCUT2D eigenvalue weighted by Crippen LogP contribution is 2.13. The van der Waals surface area contributed by atoms with Crippen LogP contribution in [0.4, 0.5) is 0 Å². The van der Waals surface area contributed by atoms with Gasteiger partial charge in [-0.05, 0) is 29.8 Å². The number of rotatable bonds is 5. The summed E-state index contributed by atoms with van der Waals surface area (Å²) in [5, 5.41) is 2.84. The lowest BCUT2D eigenvalue weighted by molar-refractivity contribution is -0.134. The lowest BCUT2D eigenvalue weighted by Gasteiger charge is -2.06. The molecule has 1 amide bonds. The molecule has 0 spiro atoms. The fourth-order valence-electron chi connectivity index (χ4n) is 1.76. The highest BCUT2D eigenvalue weighted by molar-refractivity contribution is 5.94. The average Bonchev–Trinajstić information content (AvgIpc) is 2.54. The van der Waals surface area contributed by atoms with E-state index in [0.717, 1.165) is 5.56 Å². The Morgan fingerprint density at radius 2 is 1.67 bits per heavy atom. The fraction of sp³-hybridized carbons (Fsp3) is 0.176. The SMILES string of the molecule is CCC(=O)Oc1ccc(C(=O)NCc2ccccc2)cc1. The summed E-state index contributed by atoms with van der Waals surface area (Å²) in [6.07, 6.45) is 0.319. The summed E-state index contributed by atoms with van der Waals surface area (Å²) in [4.78, 5) is 23.1. The number of nitrogens with one attached hydrogen (secondary N) is 1. The topological polar surface area (TPSA) is 55.4 Å². The van der Waals surface area contributed by atoms with Gasteiger partial charge in [0.05, 0.1) is 0 Å². The van der Waals surface area contributed by atoms with Gasteiger partial charge in [0.15, 0.2) is 0 Å². The maximum atomic E-state index is 12.0. The summed E-state index contributed by atoms with van der Waals surface area (Å²) < 4.78 is 5.06. The Bertz CT molecular complexity index is 606. The number of carbonyl (C=O) groups excluding carboxylic acids is 2. The molecule has 4 nitrogen and oxygen atoms in total.